The number of primary sulfonamides is 1. The number of nitrogens with zero attached hydrogens (tertiary/aromatic N) is 1. The number of aromatic nitrogens is 1. The van der Waals surface area contributed by atoms with Gasteiger partial charge in [-0.2, -0.15) is 0 Å². The molecule has 2 aromatic carbocycles. The summed E-state index contributed by atoms with van der Waals surface area (Å²) in [6, 6.07) is 15.7. The number of benzene rings is 2. The topological polar surface area (TPSA) is 115 Å². The van der Waals surface area contributed by atoms with E-state index in [1.54, 1.807) is 31.2 Å². The molecule has 8 heteroatoms. The number of carbonyl (C=O) groups is 1. The Balaban J connectivity index is 1.82. The SMILES string of the molecule is Cc1onc(-c2ccccc2)c1C(=O)Nc1ccc(CS(N)(=O)=O)cc1. The number of hydrogen-bond donors (Lipinski definition) is 2. The maximum atomic E-state index is 12.7. The zero-order chi connectivity index (χ0) is 18.7. The van der Waals surface area contributed by atoms with Crippen molar-refractivity contribution in [1.82, 2.24) is 5.16 Å². The van der Waals surface area contributed by atoms with Crippen molar-refractivity contribution >= 4 is 21.6 Å². The second-order valence-electron chi connectivity index (χ2n) is 5.79. The lowest BCUT2D eigenvalue weighted by atomic mass is 10.1. The van der Waals surface area contributed by atoms with Crippen LogP contribution in [0.15, 0.2) is 59.1 Å². The Kier molecular flexibility index (Phi) is 4.88. The quantitative estimate of drug-likeness (QED) is 0.715. The highest BCUT2D eigenvalue weighted by Crippen LogP contribution is 2.26. The van der Waals surface area contributed by atoms with Crippen molar-refractivity contribution < 1.29 is 17.7 Å². The molecule has 7 nitrogen and oxygen atoms in total. The summed E-state index contributed by atoms with van der Waals surface area (Å²) in [7, 11) is -3.60. The first-order chi connectivity index (χ1) is 12.3. The maximum Gasteiger partial charge on any atom is 0.261 e. The number of rotatable bonds is 5. The van der Waals surface area contributed by atoms with E-state index < -0.39 is 10.0 Å². The summed E-state index contributed by atoms with van der Waals surface area (Å²) in [5.41, 5.74) is 2.65. The third-order valence-electron chi connectivity index (χ3n) is 3.72. The van der Waals surface area contributed by atoms with Crippen LogP contribution in [-0.2, 0) is 15.8 Å². The molecule has 0 aliphatic carbocycles. The summed E-state index contributed by atoms with van der Waals surface area (Å²) in [6.07, 6.45) is 0. The molecule has 0 fully saturated rings. The van der Waals surface area contributed by atoms with Gasteiger partial charge in [0.15, 0.2) is 0 Å². The molecule has 0 unspecified atom stereocenters. The molecule has 0 aliphatic rings. The van der Waals surface area contributed by atoms with E-state index in [4.69, 9.17) is 9.66 Å². The Bertz CT molecular complexity index is 1030. The fourth-order valence-corrected chi connectivity index (χ4v) is 3.20. The molecular formula is C18H17N3O4S. The fourth-order valence-electron chi connectivity index (χ4n) is 2.54. The van der Waals surface area contributed by atoms with Crippen molar-refractivity contribution in [2.24, 2.45) is 5.14 Å². The van der Waals surface area contributed by atoms with Gasteiger partial charge in [-0.15, -0.1) is 0 Å². The van der Waals surface area contributed by atoms with Gasteiger partial charge in [-0.3, -0.25) is 4.79 Å². The van der Waals surface area contributed by atoms with Gasteiger partial charge in [-0.25, -0.2) is 13.6 Å². The predicted molar refractivity (Wildman–Crippen MR) is 97.9 cm³/mol. The van der Waals surface area contributed by atoms with Gasteiger partial charge >= 0.3 is 0 Å². The van der Waals surface area contributed by atoms with Crippen LogP contribution in [0.2, 0.25) is 0 Å². The van der Waals surface area contributed by atoms with Gasteiger partial charge in [0.1, 0.15) is 17.0 Å². The minimum absolute atomic E-state index is 0.260. The molecule has 0 atom stereocenters. The third kappa shape index (κ3) is 4.16. The van der Waals surface area contributed by atoms with Gasteiger partial charge in [0, 0.05) is 11.3 Å². The molecule has 1 heterocycles. The molecule has 26 heavy (non-hydrogen) atoms. The number of aryl methyl sites for hydroxylation is 1. The maximum absolute atomic E-state index is 12.7. The van der Waals surface area contributed by atoms with E-state index in [0.29, 0.717) is 28.3 Å². The van der Waals surface area contributed by atoms with E-state index in [9.17, 15) is 13.2 Å². The van der Waals surface area contributed by atoms with Crippen molar-refractivity contribution in [3.8, 4) is 11.3 Å². The van der Waals surface area contributed by atoms with Gasteiger partial charge in [0.2, 0.25) is 10.0 Å². The number of amides is 1. The van der Waals surface area contributed by atoms with Crippen LogP contribution in [0.1, 0.15) is 21.7 Å². The summed E-state index contributed by atoms with van der Waals surface area (Å²) in [5, 5.41) is 11.8. The summed E-state index contributed by atoms with van der Waals surface area (Å²) in [4.78, 5) is 12.7. The Morgan fingerprint density at radius 1 is 1.12 bits per heavy atom. The second kappa shape index (κ2) is 7.11. The van der Waals surface area contributed by atoms with E-state index in [1.807, 2.05) is 30.3 Å². The minimum atomic E-state index is -3.60. The first-order valence-electron chi connectivity index (χ1n) is 7.76. The molecule has 0 radical (unpaired) electrons. The van der Waals surface area contributed by atoms with Gasteiger partial charge in [0.05, 0.1) is 5.75 Å². The van der Waals surface area contributed by atoms with Crippen LogP contribution in [0.25, 0.3) is 11.3 Å². The van der Waals surface area contributed by atoms with E-state index in [2.05, 4.69) is 10.5 Å². The van der Waals surface area contributed by atoms with Crippen LogP contribution in [0.3, 0.4) is 0 Å². The normalized spacial score (nSPS) is 11.3. The van der Waals surface area contributed by atoms with Gasteiger partial charge in [-0.05, 0) is 24.6 Å². The highest BCUT2D eigenvalue weighted by atomic mass is 32.2. The Morgan fingerprint density at radius 2 is 1.77 bits per heavy atom. The zero-order valence-corrected chi connectivity index (χ0v) is 14.8. The number of anilines is 1. The van der Waals surface area contributed by atoms with Gasteiger partial charge in [-0.1, -0.05) is 47.6 Å². The molecule has 0 bridgehead atoms. The van der Waals surface area contributed by atoms with E-state index in [0.717, 1.165) is 5.56 Å². The molecule has 1 aromatic heterocycles. The monoisotopic (exact) mass is 371 g/mol. The number of nitrogens with one attached hydrogen (secondary N) is 1. The van der Waals surface area contributed by atoms with E-state index in [-0.39, 0.29) is 11.7 Å². The molecule has 134 valence electrons. The van der Waals surface area contributed by atoms with Crippen molar-refractivity contribution in [3.63, 3.8) is 0 Å². The second-order valence-corrected chi connectivity index (χ2v) is 7.40. The standard InChI is InChI=1S/C18H17N3O4S/c1-12-16(17(21-25-12)14-5-3-2-4-6-14)18(22)20-15-9-7-13(8-10-15)11-26(19,23)24/h2-10H,11H2,1H3,(H,20,22)(H2,19,23,24). The number of carbonyl (C=O) groups excluding carboxylic acids is 1. The summed E-state index contributed by atoms with van der Waals surface area (Å²) in [5.74, 6) is -0.210. The summed E-state index contributed by atoms with van der Waals surface area (Å²) >= 11 is 0. The molecule has 0 saturated carbocycles. The van der Waals surface area contributed by atoms with Crippen molar-refractivity contribution in [1.29, 1.82) is 0 Å². The van der Waals surface area contributed by atoms with Crippen LogP contribution in [0, 0.1) is 6.92 Å². The average Bonchev–Trinajstić information content (AvgIpc) is 2.98. The van der Waals surface area contributed by atoms with Gasteiger partial charge in [0.25, 0.3) is 5.91 Å². The van der Waals surface area contributed by atoms with Crippen LogP contribution in [0.4, 0.5) is 5.69 Å². The Morgan fingerprint density at radius 3 is 2.38 bits per heavy atom. The smallest absolute Gasteiger partial charge is 0.261 e. The Labute approximate surface area is 150 Å². The summed E-state index contributed by atoms with van der Waals surface area (Å²) < 4.78 is 27.4. The molecule has 3 N–H and O–H groups in total. The Hall–Kier alpha value is -2.97. The summed E-state index contributed by atoms with van der Waals surface area (Å²) in [6.45, 7) is 1.67. The van der Waals surface area contributed by atoms with E-state index >= 15 is 0 Å². The van der Waals surface area contributed by atoms with Crippen LogP contribution in [-0.4, -0.2) is 19.5 Å². The fraction of sp³-hybridized carbons (Fsp3) is 0.111. The molecule has 3 rings (SSSR count). The predicted octanol–water partition coefficient (Wildman–Crippen LogP) is 2.69. The molecule has 3 aromatic rings. The van der Waals surface area contributed by atoms with Crippen molar-refractivity contribution in [3.05, 3.63) is 71.5 Å². The van der Waals surface area contributed by atoms with Crippen LogP contribution >= 0.6 is 0 Å². The first-order valence-corrected chi connectivity index (χ1v) is 9.47. The minimum Gasteiger partial charge on any atom is -0.360 e. The molecule has 0 aliphatic heterocycles. The third-order valence-corrected chi connectivity index (χ3v) is 4.45. The van der Waals surface area contributed by atoms with Crippen molar-refractivity contribution in [2.75, 3.05) is 5.32 Å². The molecule has 0 spiro atoms. The van der Waals surface area contributed by atoms with Crippen LogP contribution < -0.4 is 10.5 Å². The number of sulfonamides is 1. The molecule has 1 amide bonds. The van der Waals surface area contributed by atoms with E-state index in [1.165, 1.54) is 0 Å². The molecular weight excluding hydrogens is 354 g/mol. The lowest BCUT2D eigenvalue weighted by molar-refractivity contribution is 0.102. The zero-order valence-electron chi connectivity index (χ0n) is 14.0. The number of nitrogens with two attached hydrogens (primary N) is 1. The average molecular weight is 371 g/mol. The lowest BCUT2D eigenvalue weighted by Crippen LogP contribution is -2.15. The van der Waals surface area contributed by atoms with Crippen LogP contribution in [0.5, 0.6) is 0 Å². The first kappa shape index (κ1) is 17.8. The lowest BCUT2D eigenvalue weighted by Gasteiger charge is -2.07. The highest BCUT2D eigenvalue weighted by Gasteiger charge is 2.21. The molecule has 0 saturated heterocycles. The van der Waals surface area contributed by atoms with Crippen molar-refractivity contribution in [2.45, 2.75) is 12.7 Å². The number of hydrogen-bond acceptors (Lipinski definition) is 5. The van der Waals surface area contributed by atoms with Gasteiger partial charge < -0.3 is 9.84 Å². The highest BCUT2D eigenvalue weighted by molar-refractivity contribution is 7.88. The largest absolute Gasteiger partial charge is 0.360 e.